The standard InChI is InChI=1S/C26H26N2O5/c29-25(13-11-20-10-12-21(32-20)19-6-2-1-3-7-19)27-14-16-28(17-15-27)26(30)24-18-31-22-8-4-5-9-23(22)33-24/h1-10,12,24H,11,13-18H2/t24-/m1/s1. The first-order valence-corrected chi connectivity index (χ1v) is 11.3. The van der Waals surface area contributed by atoms with E-state index in [9.17, 15) is 9.59 Å². The Morgan fingerprint density at radius 2 is 1.52 bits per heavy atom. The Balaban J connectivity index is 1.09. The lowest BCUT2D eigenvalue weighted by Crippen LogP contribution is -2.55. The van der Waals surface area contributed by atoms with E-state index in [4.69, 9.17) is 13.9 Å². The number of fused-ring (bicyclic) bond motifs is 1. The van der Waals surface area contributed by atoms with Crippen molar-refractivity contribution in [2.75, 3.05) is 32.8 Å². The number of carbonyl (C=O) groups is 2. The van der Waals surface area contributed by atoms with Crippen LogP contribution in [0.15, 0.2) is 71.1 Å². The van der Waals surface area contributed by atoms with Gasteiger partial charge in [-0.1, -0.05) is 42.5 Å². The van der Waals surface area contributed by atoms with E-state index in [1.54, 1.807) is 11.0 Å². The van der Waals surface area contributed by atoms with Crippen LogP contribution in [0.2, 0.25) is 0 Å². The summed E-state index contributed by atoms with van der Waals surface area (Å²) in [4.78, 5) is 29.1. The summed E-state index contributed by atoms with van der Waals surface area (Å²) in [5.41, 5.74) is 1.02. The van der Waals surface area contributed by atoms with Crippen molar-refractivity contribution in [2.24, 2.45) is 0 Å². The SMILES string of the molecule is O=C(CCc1ccc(-c2ccccc2)o1)N1CCN(C(=O)[C@H]2COc3ccccc3O2)CC1. The molecule has 0 radical (unpaired) electrons. The van der Waals surface area contributed by atoms with E-state index < -0.39 is 6.10 Å². The van der Waals surface area contributed by atoms with Crippen LogP contribution in [0.5, 0.6) is 11.5 Å². The Labute approximate surface area is 192 Å². The van der Waals surface area contributed by atoms with Gasteiger partial charge in [-0.15, -0.1) is 0 Å². The maximum Gasteiger partial charge on any atom is 0.267 e. The fourth-order valence-electron chi connectivity index (χ4n) is 4.18. The molecule has 2 aromatic carbocycles. The smallest absolute Gasteiger partial charge is 0.267 e. The average molecular weight is 447 g/mol. The molecule has 5 rings (SSSR count). The lowest BCUT2D eigenvalue weighted by molar-refractivity contribution is -0.146. The molecule has 7 nitrogen and oxygen atoms in total. The zero-order valence-corrected chi connectivity index (χ0v) is 18.3. The summed E-state index contributed by atoms with van der Waals surface area (Å²) < 4.78 is 17.4. The molecule has 2 amide bonds. The highest BCUT2D eigenvalue weighted by atomic mass is 16.6. The molecular weight excluding hydrogens is 420 g/mol. The van der Waals surface area contributed by atoms with Crippen LogP contribution in [-0.2, 0) is 16.0 Å². The molecule has 0 N–H and O–H groups in total. The van der Waals surface area contributed by atoms with Crippen LogP contribution >= 0.6 is 0 Å². The van der Waals surface area contributed by atoms with Crippen LogP contribution in [-0.4, -0.2) is 60.5 Å². The van der Waals surface area contributed by atoms with Gasteiger partial charge in [-0.05, 0) is 24.3 Å². The monoisotopic (exact) mass is 446 g/mol. The van der Waals surface area contributed by atoms with Crippen molar-refractivity contribution in [3.05, 3.63) is 72.5 Å². The Bertz CT molecular complexity index is 1120. The molecule has 3 aromatic rings. The highest BCUT2D eigenvalue weighted by Crippen LogP contribution is 2.31. The number of rotatable bonds is 5. The third kappa shape index (κ3) is 4.72. The number of ether oxygens (including phenoxy) is 2. The summed E-state index contributed by atoms with van der Waals surface area (Å²) in [6, 6.07) is 21.1. The van der Waals surface area contributed by atoms with Gasteiger partial charge in [0.2, 0.25) is 12.0 Å². The molecule has 2 aliphatic rings. The Morgan fingerprint density at radius 1 is 0.818 bits per heavy atom. The van der Waals surface area contributed by atoms with Crippen molar-refractivity contribution < 1.29 is 23.5 Å². The molecule has 1 aromatic heterocycles. The average Bonchev–Trinajstić information content (AvgIpc) is 3.36. The molecule has 0 unspecified atom stereocenters. The van der Waals surface area contributed by atoms with E-state index in [2.05, 4.69) is 0 Å². The van der Waals surface area contributed by atoms with Crippen molar-refractivity contribution >= 4 is 11.8 Å². The summed E-state index contributed by atoms with van der Waals surface area (Å²) in [7, 11) is 0. The van der Waals surface area contributed by atoms with Crippen molar-refractivity contribution in [1.29, 1.82) is 0 Å². The topological polar surface area (TPSA) is 72.2 Å². The molecule has 3 heterocycles. The number of carbonyl (C=O) groups excluding carboxylic acids is 2. The normalized spacial score (nSPS) is 17.6. The predicted octanol–water partition coefficient (Wildman–Crippen LogP) is 3.39. The van der Waals surface area contributed by atoms with Gasteiger partial charge in [0.15, 0.2) is 11.5 Å². The minimum Gasteiger partial charge on any atom is -0.485 e. The number of amides is 2. The first-order valence-electron chi connectivity index (χ1n) is 11.3. The third-order valence-electron chi connectivity index (χ3n) is 6.03. The molecule has 0 bridgehead atoms. The molecule has 170 valence electrons. The molecule has 2 aliphatic heterocycles. The largest absolute Gasteiger partial charge is 0.485 e. The van der Waals surface area contributed by atoms with Crippen molar-refractivity contribution in [1.82, 2.24) is 9.80 Å². The maximum absolute atomic E-state index is 12.9. The van der Waals surface area contributed by atoms with Crippen LogP contribution in [0.25, 0.3) is 11.3 Å². The quantitative estimate of drug-likeness (QED) is 0.601. The fraction of sp³-hybridized carbons (Fsp3) is 0.308. The number of hydrogen-bond acceptors (Lipinski definition) is 5. The van der Waals surface area contributed by atoms with Crippen LogP contribution in [0, 0.1) is 0 Å². The number of aryl methyl sites for hydroxylation is 1. The van der Waals surface area contributed by atoms with Gasteiger partial charge in [0.1, 0.15) is 18.1 Å². The molecule has 33 heavy (non-hydrogen) atoms. The predicted molar refractivity (Wildman–Crippen MR) is 122 cm³/mol. The van der Waals surface area contributed by atoms with Crippen molar-refractivity contribution in [3.63, 3.8) is 0 Å². The van der Waals surface area contributed by atoms with E-state index in [1.807, 2.05) is 65.6 Å². The molecule has 1 fully saturated rings. The van der Waals surface area contributed by atoms with Gasteiger partial charge < -0.3 is 23.7 Å². The Morgan fingerprint density at radius 3 is 2.30 bits per heavy atom. The van der Waals surface area contributed by atoms with Gasteiger partial charge in [-0.25, -0.2) is 0 Å². The zero-order valence-electron chi connectivity index (χ0n) is 18.3. The van der Waals surface area contributed by atoms with E-state index in [1.165, 1.54) is 0 Å². The van der Waals surface area contributed by atoms with Crippen molar-refractivity contribution in [3.8, 4) is 22.8 Å². The summed E-state index contributed by atoms with van der Waals surface area (Å²) in [6.45, 7) is 2.21. The van der Waals surface area contributed by atoms with Crippen molar-refractivity contribution in [2.45, 2.75) is 18.9 Å². The summed E-state index contributed by atoms with van der Waals surface area (Å²) in [5.74, 6) is 2.83. The highest BCUT2D eigenvalue weighted by Gasteiger charge is 2.33. The second kappa shape index (κ2) is 9.40. The van der Waals surface area contributed by atoms with E-state index >= 15 is 0 Å². The number of hydrogen-bond donors (Lipinski definition) is 0. The number of piperazine rings is 1. The molecule has 0 saturated carbocycles. The Hall–Kier alpha value is -3.74. The Kier molecular flexibility index (Phi) is 6.02. The molecule has 7 heteroatoms. The number of nitrogens with zero attached hydrogens (tertiary/aromatic N) is 2. The van der Waals surface area contributed by atoms with Gasteiger partial charge in [0.05, 0.1) is 0 Å². The number of benzene rings is 2. The van der Waals surface area contributed by atoms with Gasteiger partial charge in [-0.3, -0.25) is 9.59 Å². The summed E-state index contributed by atoms with van der Waals surface area (Å²) in [5, 5.41) is 0. The lowest BCUT2D eigenvalue weighted by atomic mass is 10.2. The number of para-hydroxylation sites is 2. The van der Waals surface area contributed by atoms with Crippen LogP contribution in [0.1, 0.15) is 12.2 Å². The zero-order chi connectivity index (χ0) is 22.6. The van der Waals surface area contributed by atoms with Gasteiger partial charge in [0, 0.05) is 44.6 Å². The molecule has 0 aliphatic carbocycles. The molecule has 0 spiro atoms. The third-order valence-corrected chi connectivity index (χ3v) is 6.03. The molecule has 1 saturated heterocycles. The summed E-state index contributed by atoms with van der Waals surface area (Å²) in [6.07, 6.45) is 0.281. The van der Waals surface area contributed by atoms with Crippen LogP contribution in [0.4, 0.5) is 0 Å². The van der Waals surface area contributed by atoms with Crippen LogP contribution < -0.4 is 9.47 Å². The second-order valence-corrected chi connectivity index (χ2v) is 8.20. The maximum atomic E-state index is 12.9. The first kappa shape index (κ1) is 21.1. The minimum atomic E-state index is -0.653. The highest BCUT2D eigenvalue weighted by molar-refractivity contribution is 5.82. The lowest BCUT2D eigenvalue weighted by Gasteiger charge is -2.37. The van der Waals surface area contributed by atoms with Gasteiger partial charge in [-0.2, -0.15) is 0 Å². The van der Waals surface area contributed by atoms with E-state index in [-0.39, 0.29) is 18.4 Å². The van der Waals surface area contributed by atoms with Gasteiger partial charge in [0.25, 0.3) is 5.91 Å². The number of furan rings is 1. The van der Waals surface area contributed by atoms with E-state index in [0.717, 1.165) is 17.1 Å². The molecular formula is C26H26N2O5. The fourth-order valence-corrected chi connectivity index (χ4v) is 4.18. The minimum absolute atomic E-state index is 0.0749. The first-order chi connectivity index (χ1) is 16.2. The molecule has 1 atom stereocenters. The van der Waals surface area contributed by atoms with E-state index in [0.29, 0.717) is 50.5 Å². The van der Waals surface area contributed by atoms with Gasteiger partial charge >= 0.3 is 0 Å². The second-order valence-electron chi connectivity index (χ2n) is 8.20. The summed E-state index contributed by atoms with van der Waals surface area (Å²) >= 11 is 0. The van der Waals surface area contributed by atoms with Crippen LogP contribution in [0.3, 0.4) is 0 Å².